The van der Waals surface area contributed by atoms with Gasteiger partial charge in [0, 0.05) is 103 Å². The van der Waals surface area contributed by atoms with E-state index in [0.29, 0.717) is 115 Å². The van der Waals surface area contributed by atoms with Crippen LogP contribution in [0.4, 0.5) is 0 Å². The van der Waals surface area contributed by atoms with Crippen molar-refractivity contribution in [3.63, 3.8) is 0 Å². The molecule has 27 nitrogen and oxygen atoms in total. The normalized spacial score (nSPS) is 37.5. The lowest BCUT2D eigenvalue weighted by molar-refractivity contribution is -0.0397. The molecule has 0 radical (unpaired) electrons. The molecule has 43 heteroatoms. The average molecular weight is 1970 g/mol. The monoisotopic (exact) mass is 1970 g/mol. The van der Waals surface area contributed by atoms with Gasteiger partial charge >= 0.3 is 141 Å². The van der Waals surface area contributed by atoms with Crippen LogP contribution in [0.5, 0.6) is 5.75 Å². The molecule has 690 valence electrons. The van der Waals surface area contributed by atoms with Crippen molar-refractivity contribution in [1.29, 1.82) is 5.26 Å². The van der Waals surface area contributed by atoms with Gasteiger partial charge in [0.05, 0.1) is 18.2 Å². The molecule has 121 heavy (non-hydrogen) atoms. The number of ether oxygens (including phenoxy) is 1. The first-order chi connectivity index (χ1) is 56.3. The van der Waals surface area contributed by atoms with Crippen LogP contribution >= 0.6 is 0 Å². The zero-order chi connectivity index (χ0) is 88.7. The van der Waals surface area contributed by atoms with E-state index >= 15 is 0 Å². The summed E-state index contributed by atoms with van der Waals surface area (Å²) < 4.78 is 194. The van der Waals surface area contributed by atoms with Crippen molar-refractivity contribution in [2.24, 2.45) is 82.9 Å². The number of rotatable bonds is 40. The van der Waals surface area contributed by atoms with Crippen molar-refractivity contribution < 1.29 is 109 Å². The molecule has 0 spiro atoms. The number of unbranched alkanes of at least 4 members (excludes halogenated alkanes) is 3. The Morgan fingerprint density at radius 2 is 0.397 bits per heavy atom. The minimum absolute atomic E-state index is 0.0809. The van der Waals surface area contributed by atoms with Gasteiger partial charge in [-0.15, -0.1) is 0 Å². The molecular weight excluding hydrogens is 1820 g/mol. The highest BCUT2D eigenvalue weighted by Crippen LogP contribution is 2.60. The highest BCUT2D eigenvalue weighted by molar-refractivity contribution is 7.05. The molecule has 16 bridgehead atoms. The van der Waals surface area contributed by atoms with Crippen molar-refractivity contribution in [1.82, 2.24) is 0 Å². The molecular formula is C78H153NO26Si16. The summed E-state index contributed by atoms with van der Waals surface area (Å²) in [5, 5.41) is 18.9. The minimum Gasteiger partial charge on any atom is -0.494 e. The van der Waals surface area contributed by atoms with E-state index in [4.69, 9.17) is 104 Å². The number of nitrogens with zero attached hydrogens (tertiary/aromatic N) is 1. The van der Waals surface area contributed by atoms with Crippen molar-refractivity contribution in [2.75, 3.05) is 13.2 Å². The van der Waals surface area contributed by atoms with Gasteiger partial charge in [0.15, 0.2) is 0 Å². The van der Waals surface area contributed by atoms with Crippen LogP contribution in [0.15, 0.2) is 48.5 Å². The van der Waals surface area contributed by atoms with Gasteiger partial charge in [-0.3, -0.25) is 0 Å². The fourth-order valence-corrected chi connectivity index (χ4v) is 122. The van der Waals surface area contributed by atoms with Crippen molar-refractivity contribution >= 4 is 141 Å². The third kappa shape index (κ3) is 25.6. The van der Waals surface area contributed by atoms with Gasteiger partial charge in [-0.25, -0.2) is 0 Å². The quantitative estimate of drug-likeness (QED) is 0.0479. The molecule has 12 saturated heterocycles. The smallest absolute Gasteiger partial charge is 0.479 e. The summed E-state index contributed by atoms with van der Waals surface area (Å²) in [7, 11) is -63.1. The second-order valence-electron chi connectivity index (χ2n) is 41.8. The molecule has 12 aliphatic rings. The predicted molar refractivity (Wildman–Crippen MR) is 495 cm³/mol. The second-order valence-corrected chi connectivity index (χ2v) is 90.0. The van der Waals surface area contributed by atoms with E-state index in [-0.39, 0.29) is 89.5 Å². The van der Waals surface area contributed by atoms with E-state index in [1.807, 2.05) is 48.5 Å². The van der Waals surface area contributed by atoms with E-state index < -0.39 is 141 Å². The zero-order valence-corrected chi connectivity index (χ0v) is 94.6. The first kappa shape index (κ1) is 102. The Labute approximate surface area is 745 Å². The van der Waals surface area contributed by atoms with Crippen LogP contribution in [-0.4, -0.2) is 159 Å². The Kier molecular flexibility index (Phi) is 33.4. The molecule has 2 aromatic carbocycles. The van der Waals surface area contributed by atoms with E-state index in [2.05, 4.69) is 200 Å². The predicted octanol–water partition coefficient (Wildman–Crippen LogP) is 20.3. The van der Waals surface area contributed by atoms with E-state index in [1.54, 1.807) is 0 Å². The fourth-order valence-electron chi connectivity index (χ4n) is 18.5. The SMILES string of the molecule is CC(C)C[Si]12O[Si]3(CCCCCCO)O[Si]4(CC(C)C)O[Si](CC(C)C)(O1)O[Si]1(CC(C)C)O[Si](CC(C)C)(O2)O[Si](CC(C)C)(O3)O[Si](CC(C)C)(O4)O1.CC(C)C[Si]12O[Si]3(CCCOc4ccc(-c5ccc(C#N)cc5)cc4)O[Si]4(CC(C)C)O[Si](CC(C)C)(O1)O[Si]1(CC(C)C)O[Si](CC(C)C)(O2)O[Si](CC(C)C)(O3)O[Si](CC(C)C)(O4)O1. The Morgan fingerprint density at radius 1 is 0.231 bits per heavy atom. The van der Waals surface area contributed by atoms with Gasteiger partial charge in [-0.1, -0.05) is 231 Å². The molecule has 0 atom stereocenters. The molecule has 0 unspecified atom stereocenters. The molecule has 14 rings (SSSR count). The highest BCUT2D eigenvalue weighted by atomic mass is 28.6. The summed E-state index contributed by atoms with van der Waals surface area (Å²) in [5.74, 6) is 2.28. The van der Waals surface area contributed by atoms with Crippen LogP contribution < -0.4 is 4.74 Å². The first-order valence-corrected chi connectivity index (χ1v) is 76.9. The molecule has 0 aromatic heterocycles. The molecule has 12 heterocycles. The Hall–Kier alpha value is 0.200. The number of aliphatic hydroxyl groups excluding tert-OH is 1. The molecule has 12 aliphatic heterocycles. The third-order valence-electron chi connectivity index (χ3n) is 21.2. The van der Waals surface area contributed by atoms with Crippen LogP contribution in [-0.2, 0) is 98.8 Å². The number of nitriles is 1. The Morgan fingerprint density at radius 3 is 0.570 bits per heavy atom. The summed E-state index contributed by atoms with van der Waals surface area (Å²) in [6.45, 7) is 61.2. The molecule has 1 N–H and O–H groups in total. The second kappa shape index (κ2) is 39.8. The summed E-state index contributed by atoms with van der Waals surface area (Å²) >= 11 is 0. The van der Waals surface area contributed by atoms with Crippen LogP contribution in [0.1, 0.15) is 232 Å². The van der Waals surface area contributed by atoms with Crippen LogP contribution in [0.2, 0.25) is 96.7 Å². The van der Waals surface area contributed by atoms with Gasteiger partial charge in [0.1, 0.15) is 5.75 Å². The number of aliphatic hydroxyl groups is 1. The van der Waals surface area contributed by atoms with E-state index in [9.17, 15) is 10.4 Å². The highest BCUT2D eigenvalue weighted by Gasteiger charge is 2.86. The molecule has 0 amide bonds. The topological polar surface area (TPSA) is 275 Å². The lowest BCUT2D eigenvalue weighted by Gasteiger charge is -2.64. The number of benzene rings is 2. The van der Waals surface area contributed by atoms with Crippen LogP contribution in [0.3, 0.4) is 0 Å². The fraction of sp³-hybridized carbons (Fsp3) is 0.833. The lowest BCUT2D eigenvalue weighted by Crippen LogP contribution is -2.88. The lowest BCUT2D eigenvalue weighted by atomic mass is 10.0. The molecule has 2 aromatic rings. The van der Waals surface area contributed by atoms with Crippen LogP contribution in [0.25, 0.3) is 11.1 Å². The van der Waals surface area contributed by atoms with Gasteiger partial charge in [0.2, 0.25) is 0 Å². The average Bonchev–Trinajstić information content (AvgIpc) is 0.688. The van der Waals surface area contributed by atoms with E-state index in [0.717, 1.165) is 42.6 Å². The maximum atomic E-state index is 9.62. The summed E-state index contributed by atoms with van der Waals surface area (Å²) in [6, 6.07) is 25.2. The molecule has 0 saturated carbocycles. The third-order valence-corrected chi connectivity index (χ3v) is 101. The van der Waals surface area contributed by atoms with Gasteiger partial charge in [0.25, 0.3) is 0 Å². The Bertz CT molecular complexity index is 3440. The van der Waals surface area contributed by atoms with Gasteiger partial charge in [-0.05, 0) is 138 Å². The standard InChI is InChI=1S/C44H77NO13Si8.C34H76O13Si8/c1-34(2)27-60-47-59(25-15-24-46-44-22-20-43(21-23-44)42-18-16-41(26-45)17-19-42)48-61(28-35(3)4)52-63(50-60,30-37(7)8)56-66(33-40(13)14)57-64(51-60,31-38(9)10)53-62(49-59,29-36(5)6)55-65(54-61,58-66)32-39(11)12;1-28(2)21-49-36-48(20-18-16-15-17-19-35)37-50(22-29(3)4)41-52(39-49,24-31(7)8)45-55(27-34(13)14)46-53(40-49,25-32(9)10)42-51(38-48,23-30(5)6)44-54(43-50,47-55)26-33(11)12/h16-23,34-40H,15,24-25,27-33H2,1-14H3;28-35H,15-27H2,1-14H3. The summed E-state index contributed by atoms with van der Waals surface area (Å²) in [6.07, 6.45) is 3.75. The number of hydrogen-bond donors (Lipinski definition) is 1. The Balaban J connectivity index is 0.000000240. The van der Waals surface area contributed by atoms with Gasteiger partial charge < -0.3 is 109 Å². The van der Waals surface area contributed by atoms with Crippen molar-refractivity contribution in [3.05, 3.63) is 54.1 Å². The van der Waals surface area contributed by atoms with E-state index in [1.165, 1.54) is 0 Å². The van der Waals surface area contributed by atoms with Crippen molar-refractivity contribution in [3.8, 4) is 22.9 Å². The minimum atomic E-state index is -4.09. The molecule has 0 aliphatic carbocycles. The maximum absolute atomic E-state index is 9.62. The van der Waals surface area contributed by atoms with Crippen molar-refractivity contribution in [2.45, 2.75) is 323 Å². The summed E-state index contributed by atoms with van der Waals surface area (Å²) in [4.78, 5) is 0. The zero-order valence-electron chi connectivity index (χ0n) is 78.6. The number of hydrogen-bond acceptors (Lipinski definition) is 27. The summed E-state index contributed by atoms with van der Waals surface area (Å²) in [5.41, 5.74) is 2.69. The van der Waals surface area contributed by atoms with Crippen LogP contribution in [0, 0.1) is 94.2 Å². The maximum Gasteiger partial charge on any atom is 0.479 e. The van der Waals surface area contributed by atoms with Gasteiger partial charge in [-0.2, -0.15) is 5.26 Å². The largest absolute Gasteiger partial charge is 0.494 e. The molecule has 12 fully saturated rings. The first-order valence-electron chi connectivity index (χ1n) is 46.0.